The van der Waals surface area contributed by atoms with Gasteiger partial charge in [0.1, 0.15) is 0 Å². The van der Waals surface area contributed by atoms with Crippen molar-refractivity contribution in [2.45, 2.75) is 92.9 Å². The minimum absolute atomic E-state index is 0.261. The third kappa shape index (κ3) is 5.08. The topological polar surface area (TPSA) is 26.0 Å². The Balaban J connectivity index is 2.85. The third-order valence-corrected chi connectivity index (χ3v) is 7.22. The summed E-state index contributed by atoms with van der Waals surface area (Å²) in [6, 6.07) is 0. The molecule has 23 heavy (non-hydrogen) atoms. The molecular formula is C22H43N. The number of hydrogen-bond donors (Lipinski definition) is 1. The number of allylic oxidation sites excluding steroid dienone is 1. The molecule has 1 heteroatoms. The van der Waals surface area contributed by atoms with Crippen LogP contribution in [-0.2, 0) is 0 Å². The summed E-state index contributed by atoms with van der Waals surface area (Å²) in [7, 11) is 0. The van der Waals surface area contributed by atoms with Crippen molar-refractivity contribution in [3.8, 4) is 0 Å². The minimum atomic E-state index is 0.261. The zero-order chi connectivity index (χ0) is 17.7. The molecule has 136 valence electrons. The van der Waals surface area contributed by atoms with Gasteiger partial charge in [0.15, 0.2) is 0 Å². The Bertz CT molecular complexity index is 370. The highest BCUT2D eigenvalue weighted by atomic mass is 14.6. The molecule has 0 aliphatic heterocycles. The number of hydrogen-bond acceptors (Lipinski definition) is 1. The molecule has 1 fully saturated rings. The van der Waals surface area contributed by atoms with Crippen LogP contribution in [0, 0.1) is 28.6 Å². The fourth-order valence-corrected chi connectivity index (χ4v) is 4.85. The molecule has 0 spiro atoms. The minimum Gasteiger partial charge on any atom is -0.330 e. The van der Waals surface area contributed by atoms with Crippen molar-refractivity contribution in [1.29, 1.82) is 0 Å². The van der Waals surface area contributed by atoms with Gasteiger partial charge in [0.05, 0.1) is 0 Å². The molecule has 0 amide bonds. The predicted molar refractivity (Wildman–Crippen MR) is 105 cm³/mol. The standard InChI is InChI=1S/C22H43N/c1-8-11-18(3)21(5,6)15-13-20(17(2)16-23)22(7)14-10-9-12-19(22)4/h17,19-20H,3,8-16,23H2,1-2,4-7H3/t17-,19?,20?,22?/m1/s1. The highest BCUT2D eigenvalue weighted by Gasteiger charge is 2.42. The van der Waals surface area contributed by atoms with Crippen LogP contribution in [0.2, 0.25) is 0 Å². The molecule has 2 N–H and O–H groups in total. The van der Waals surface area contributed by atoms with Crippen molar-refractivity contribution < 1.29 is 0 Å². The number of rotatable bonds is 9. The first-order chi connectivity index (χ1) is 10.7. The fraction of sp³-hybridized carbons (Fsp3) is 0.909. The second-order valence-corrected chi connectivity index (χ2v) is 9.25. The van der Waals surface area contributed by atoms with E-state index in [9.17, 15) is 0 Å². The third-order valence-electron chi connectivity index (χ3n) is 7.22. The lowest BCUT2D eigenvalue weighted by Crippen LogP contribution is -2.42. The molecule has 1 nitrogen and oxygen atoms in total. The van der Waals surface area contributed by atoms with Gasteiger partial charge >= 0.3 is 0 Å². The van der Waals surface area contributed by atoms with Gasteiger partial charge in [0.25, 0.3) is 0 Å². The maximum Gasteiger partial charge on any atom is -0.00486 e. The summed E-state index contributed by atoms with van der Waals surface area (Å²) < 4.78 is 0. The van der Waals surface area contributed by atoms with Gasteiger partial charge in [-0.05, 0) is 60.8 Å². The van der Waals surface area contributed by atoms with E-state index >= 15 is 0 Å². The molecule has 0 aromatic heterocycles. The van der Waals surface area contributed by atoms with E-state index < -0.39 is 0 Å². The van der Waals surface area contributed by atoms with Crippen LogP contribution in [0.5, 0.6) is 0 Å². The van der Waals surface area contributed by atoms with Gasteiger partial charge in [-0.25, -0.2) is 0 Å². The maximum absolute atomic E-state index is 6.11. The maximum atomic E-state index is 6.11. The van der Waals surface area contributed by atoms with Crippen molar-refractivity contribution in [2.75, 3.05) is 6.54 Å². The summed E-state index contributed by atoms with van der Waals surface area (Å²) in [4.78, 5) is 0. The zero-order valence-corrected chi connectivity index (χ0v) is 16.9. The van der Waals surface area contributed by atoms with Crippen LogP contribution in [0.4, 0.5) is 0 Å². The Morgan fingerprint density at radius 3 is 2.52 bits per heavy atom. The van der Waals surface area contributed by atoms with Crippen LogP contribution < -0.4 is 5.73 Å². The molecule has 0 saturated heterocycles. The normalized spacial score (nSPS) is 28.4. The first kappa shape index (κ1) is 20.7. The second-order valence-electron chi connectivity index (χ2n) is 9.25. The molecule has 1 saturated carbocycles. The molecular weight excluding hydrogens is 278 g/mol. The fourth-order valence-electron chi connectivity index (χ4n) is 4.85. The molecule has 4 atom stereocenters. The predicted octanol–water partition coefficient (Wildman–Crippen LogP) is 6.58. The molecule has 1 aliphatic carbocycles. The van der Waals surface area contributed by atoms with Crippen molar-refractivity contribution >= 4 is 0 Å². The van der Waals surface area contributed by atoms with E-state index in [1.807, 2.05) is 0 Å². The Kier molecular flexibility index (Phi) is 7.84. The summed E-state index contributed by atoms with van der Waals surface area (Å²) in [5.74, 6) is 2.20. The van der Waals surface area contributed by atoms with Crippen molar-refractivity contribution in [1.82, 2.24) is 0 Å². The smallest absolute Gasteiger partial charge is 0.00486 e. The molecule has 0 bridgehead atoms. The Hall–Kier alpha value is -0.300. The first-order valence-corrected chi connectivity index (χ1v) is 10.1. The molecule has 0 radical (unpaired) electrons. The summed E-state index contributed by atoms with van der Waals surface area (Å²) in [6.45, 7) is 19.7. The molecule has 1 aliphatic rings. The van der Waals surface area contributed by atoms with Gasteiger partial charge in [-0.3, -0.25) is 0 Å². The van der Waals surface area contributed by atoms with Gasteiger partial charge in [-0.15, -0.1) is 0 Å². The van der Waals surface area contributed by atoms with Crippen LogP contribution in [0.1, 0.15) is 92.9 Å². The highest BCUT2D eigenvalue weighted by molar-refractivity contribution is 5.07. The van der Waals surface area contributed by atoms with Crippen molar-refractivity contribution in [3.05, 3.63) is 12.2 Å². The lowest BCUT2D eigenvalue weighted by Gasteiger charge is -2.49. The van der Waals surface area contributed by atoms with Crippen LogP contribution in [0.15, 0.2) is 12.2 Å². The monoisotopic (exact) mass is 321 g/mol. The van der Waals surface area contributed by atoms with Gasteiger partial charge in [0, 0.05) is 0 Å². The zero-order valence-electron chi connectivity index (χ0n) is 16.9. The summed E-state index contributed by atoms with van der Waals surface area (Å²) in [5.41, 5.74) is 8.28. The van der Waals surface area contributed by atoms with E-state index in [0.29, 0.717) is 11.3 Å². The Labute approximate surface area is 146 Å². The van der Waals surface area contributed by atoms with E-state index in [-0.39, 0.29) is 5.41 Å². The lowest BCUT2D eigenvalue weighted by atomic mass is 9.56. The van der Waals surface area contributed by atoms with Crippen molar-refractivity contribution in [2.24, 2.45) is 34.3 Å². The molecule has 0 aromatic carbocycles. The number of nitrogens with two attached hydrogens (primary N) is 1. The van der Waals surface area contributed by atoms with Gasteiger partial charge in [0.2, 0.25) is 0 Å². The Morgan fingerprint density at radius 1 is 1.35 bits per heavy atom. The highest BCUT2D eigenvalue weighted by Crippen LogP contribution is 2.51. The van der Waals surface area contributed by atoms with Crippen LogP contribution in [-0.4, -0.2) is 6.54 Å². The molecule has 1 rings (SSSR count). The van der Waals surface area contributed by atoms with Crippen LogP contribution >= 0.6 is 0 Å². The van der Waals surface area contributed by atoms with E-state index in [0.717, 1.165) is 24.8 Å². The van der Waals surface area contributed by atoms with E-state index in [4.69, 9.17) is 5.73 Å². The quantitative estimate of drug-likeness (QED) is 0.477. The van der Waals surface area contributed by atoms with Crippen LogP contribution in [0.3, 0.4) is 0 Å². The molecule has 0 aromatic rings. The Morgan fingerprint density at radius 2 is 2.00 bits per heavy atom. The molecule has 0 heterocycles. The van der Waals surface area contributed by atoms with Gasteiger partial charge in [-0.1, -0.05) is 79.4 Å². The van der Waals surface area contributed by atoms with Gasteiger partial charge in [-0.2, -0.15) is 0 Å². The summed E-state index contributed by atoms with van der Waals surface area (Å²) in [5, 5.41) is 0. The summed E-state index contributed by atoms with van der Waals surface area (Å²) >= 11 is 0. The second kappa shape index (κ2) is 8.70. The van der Waals surface area contributed by atoms with E-state index in [2.05, 4.69) is 48.1 Å². The largest absolute Gasteiger partial charge is 0.330 e. The van der Waals surface area contributed by atoms with Crippen LogP contribution in [0.25, 0.3) is 0 Å². The molecule has 3 unspecified atom stereocenters. The SMILES string of the molecule is C=C(CCC)C(C)(C)CCC([C@H](C)CN)C1(C)CCCCC1C. The van der Waals surface area contributed by atoms with Gasteiger partial charge < -0.3 is 5.73 Å². The lowest BCUT2D eigenvalue weighted by molar-refractivity contribution is 0.0146. The summed E-state index contributed by atoms with van der Waals surface area (Å²) in [6.07, 6.45) is 10.5. The average Bonchev–Trinajstić information content (AvgIpc) is 2.50. The van der Waals surface area contributed by atoms with E-state index in [1.54, 1.807) is 0 Å². The van der Waals surface area contributed by atoms with Crippen molar-refractivity contribution in [3.63, 3.8) is 0 Å². The van der Waals surface area contributed by atoms with E-state index in [1.165, 1.54) is 50.5 Å². The first-order valence-electron chi connectivity index (χ1n) is 10.1. The average molecular weight is 322 g/mol.